The maximum Gasteiger partial charge on any atom is 0.171 e. The summed E-state index contributed by atoms with van der Waals surface area (Å²) in [6.45, 7) is 2.65. The SMILES string of the molecule is COCC(C)NC(=S)Nc1ccc(SC)cc1. The van der Waals surface area contributed by atoms with E-state index in [1.54, 1.807) is 18.9 Å². The molecule has 0 aliphatic heterocycles. The zero-order valence-electron chi connectivity index (χ0n) is 10.3. The van der Waals surface area contributed by atoms with Crippen LogP contribution in [0.15, 0.2) is 29.2 Å². The Labute approximate surface area is 112 Å². The number of ether oxygens (including phenoxy) is 1. The molecule has 1 aromatic carbocycles. The van der Waals surface area contributed by atoms with Crippen molar-refractivity contribution >= 4 is 34.8 Å². The van der Waals surface area contributed by atoms with E-state index in [4.69, 9.17) is 17.0 Å². The summed E-state index contributed by atoms with van der Waals surface area (Å²) in [4.78, 5) is 1.24. The number of anilines is 1. The van der Waals surface area contributed by atoms with E-state index in [2.05, 4.69) is 29.0 Å². The van der Waals surface area contributed by atoms with Gasteiger partial charge in [-0.2, -0.15) is 0 Å². The van der Waals surface area contributed by atoms with Crippen LogP contribution in [-0.4, -0.2) is 31.1 Å². The summed E-state index contributed by atoms with van der Waals surface area (Å²) < 4.78 is 5.03. The summed E-state index contributed by atoms with van der Waals surface area (Å²) in [5.41, 5.74) is 0.991. The van der Waals surface area contributed by atoms with Crippen LogP contribution in [-0.2, 0) is 4.74 Å². The molecular weight excluding hydrogens is 252 g/mol. The van der Waals surface area contributed by atoms with E-state index in [9.17, 15) is 0 Å². The second kappa shape index (κ2) is 7.53. The van der Waals surface area contributed by atoms with Crippen LogP contribution in [0.1, 0.15) is 6.92 Å². The van der Waals surface area contributed by atoms with E-state index >= 15 is 0 Å². The van der Waals surface area contributed by atoms with Gasteiger partial charge in [-0.3, -0.25) is 0 Å². The Kier molecular flexibility index (Phi) is 6.32. The van der Waals surface area contributed by atoms with Crippen LogP contribution in [0.5, 0.6) is 0 Å². The molecule has 1 unspecified atom stereocenters. The van der Waals surface area contributed by atoms with Gasteiger partial charge in [-0.15, -0.1) is 11.8 Å². The number of thiocarbonyl (C=S) groups is 1. The summed E-state index contributed by atoms with van der Waals surface area (Å²) in [5.74, 6) is 0. The maximum atomic E-state index is 5.20. The molecule has 0 radical (unpaired) electrons. The molecule has 0 aromatic heterocycles. The topological polar surface area (TPSA) is 33.3 Å². The minimum atomic E-state index is 0.200. The van der Waals surface area contributed by atoms with Gasteiger partial charge in [-0.25, -0.2) is 0 Å². The first-order valence-electron chi connectivity index (χ1n) is 5.36. The third kappa shape index (κ3) is 5.39. The number of hydrogen-bond donors (Lipinski definition) is 2. The highest BCUT2D eigenvalue weighted by Gasteiger charge is 2.03. The summed E-state index contributed by atoms with van der Waals surface area (Å²) >= 11 is 6.93. The fourth-order valence-electron chi connectivity index (χ4n) is 1.36. The van der Waals surface area contributed by atoms with Crippen LogP contribution in [0, 0.1) is 0 Å². The molecule has 17 heavy (non-hydrogen) atoms. The third-order valence-electron chi connectivity index (χ3n) is 2.14. The van der Waals surface area contributed by atoms with Crippen LogP contribution in [0.3, 0.4) is 0 Å². The predicted octanol–water partition coefficient (Wildman–Crippen LogP) is 2.73. The molecule has 0 saturated carbocycles. The molecule has 0 fully saturated rings. The lowest BCUT2D eigenvalue weighted by molar-refractivity contribution is 0.179. The Balaban J connectivity index is 2.44. The average Bonchev–Trinajstić information content (AvgIpc) is 2.30. The molecule has 0 bridgehead atoms. The first-order chi connectivity index (χ1) is 8.15. The molecule has 94 valence electrons. The highest BCUT2D eigenvalue weighted by Crippen LogP contribution is 2.17. The quantitative estimate of drug-likeness (QED) is 0.635. The van der Waals surface area contributed by atoms with E-state index in [0.29, 0.717) is 11.7 Å². The van der Waals surface area contributed by atoms with Gasteiger partial charge in [-0.1, -0.05) is 0 Å². The molecule has 1 aromatic rings. The van der Waals surface area contributed by atoms with Gasteiger partial charge in [0.05, 0.1) is 6.61 Å². The lowest BCUT2D eigenvalue weighted by Crippen LogP contribution is -2.38. The normalized spacial score (nSPS) is 11.9. The summed E-state index contributed by atoms with van der Waals surface area (Å²) in [7, 11) is 1.68. The van der Waals surface area contributed by atoms with Crippen molar-refractivity contribution in [3.63, 3.8) is 0 Å². The van der Waals surface area contributed by atoms with E-state index < -0.39 is 0 Å². The van der Waals surface area contributed by atoms with Gasteiger partial charge in [0.15, 0.2) is 5.11 Å². The first-order valence-corrected chi connectivity index (χ1v) is 6.99. The highest BCUT2D eigenvalue weighted by molar-refractivity contribution is 7.98. The smallest absolute Gasteiger partial charge is 0.171 e. The van der Waals surface area contributed by atoms with Crippen molar-refractivity contribution in [1.29, 1.82) is 0 Å². The van der Waals surface area contributed by atoms with Crippen LogP contribution >= 0.6 is 24.0 Å². The van der Waals surface area contributed by atoms with Gasteiger partial charge in [-0.05, 0) is 49.7 Å². The Morgan fingerprint density at radius 1 is 1.41 bits per heavy atom. The number of rotatable bonds is 5. The van der Waals surface area contributed by atoms with Crippen molar-refractivity contribution in [3.05, 3.63) is 24.3 Å². The number of nitrogens with one attached hydrogen (secondary N) is 2. The molecule has 0 heterocycles. The fourth-order valence-corrected chi connectivity index (χ4v) is 2.08. The summed E-state index contributed by atoms with van der Waals surface area (Å²) in [6.07, 6.45) is 2.06. The van der Waals surface area contributed by atoms with Crippen molar-refractivity contribution in [1.82, 2.24) is 5.32 Å². The third-order valence-corrected chi connectivity index (χ3v) is 3.11. The Hall–Kier alpha value is -0.780. The minimum absolute atomic E-state index is 0.200. The molecule has 5 heteroatoms. The molecule has 0 aliphatic rings. The monoisotopic (exact) mass is 270 g/mol. The van der Waals surface area contributed by atoms with Gasteiger partial charge < -0.3 is 15.4 Å². The maximum absolute atomic E-state index is 5.20. The van der Waals surface area contributed by atoms with Crippen molar-refractivity contribution in [3.8, 4) is 0 Å². The fraction of sp³-hybridized carbons (Fsp3) is 0.417. The van der Waals surface area contributed by atoms with E-state index in [0.717, 1.165) is 5.69 Å². The molecule has 0 saturated heterocycles. The molecule has 2 N–H and O–H groups in total. The number of thioether (sulfide) groups is 1. The Morgan fingerprint density at radius 3 is 2.59 bits per heavy atom. The second-order valence-corrected chi connectivity index (χ2v) is 4.97. The standard InChI is InChI=1S/C12H18N2OS2/c1-9(8-15-2)13-12(16)14-10-4-6-11(17-3)7-5-10/h4-7,9H,8H2,1-3H3,(H2,13,14,16). The Morgan fingerprint density at radius 2 is 2.06 bits per heavy atom. The van der Waals surface area contributed by atoms with Gasteiger partial charge in [0.1, 0.15) is 0 Å². The van der Waals surface area contributed by atoms with Crippen molar-refractivity contribution in [2.24, 2.45) is 0 Å². The van der Waals surface area contributed by atoms with Crippen LogP contribution in [0.2, 0.25) is 0 Å². The lowest BCUT2D eigenvalue weighted by Gasteiger charge is -2.16. The minimum Gasteiger partial charge on any atom is -0.383 e. The van der Waals surface area contributed by atoms with Crippen LogP contribution in [0.25, 0.3) is 0 Å². The van der Waals surface area contributed by atoms with Crippen molar-refractivity contribution < 1.29 is 4.74 Å². The van der Waals surface area contributed by atoms with Gasteiger partial charge >= 0.3 is 0 Å². The molecule has 1 rings (SSSR count). The van der Waals surface area contributed by atoms with Crippen molar-refractivity contribution in [2.75, 3.05) is 25.3 Å². The van der Waals surface area contributed by atoms with Gasteiger partial charge in [0, 0.05) is 23.7 Å². The predicted molar refractivity (Wildman–Crippen MR) is 78.9 cm³/mol. The largest absolute Gasteiger partial charge is 0.383 e. The first kappa shape index (κ1) is 14.3. The van der Waals surface area contributed by atoms with Gasteiger partial charge in [0.25, 0.3) is 0 Å². The molecule has 3 nitrogen and oxygen atoms in total. The van der Waals surface area contributed by atoms with E-state index in [1.165, 1.54) is 4.90 Å². The summed E-state index contributed by atoms with van der Waals surface area (Å²) in [5, 5.41) is 6.90. The number of hydrogen-bond acceptors (Lipinski definition) is 3. The molecule has 0 spiro atoms. The van der Waals surface area contributed by atoms with Crippen LogP contribution < -0.4 is 10.6 Å². The average molecular weight is 270 g/mol. The van der Waals surface area contributed by atoms with Gasteiger partial charge in [0.2, 0.25) is 0 Å². The molecule has 1 atom stereocenters. The zero-order chi connectivity index (χ0) is 12.7. The zero-order valence-corrected chi connectivity index (χ0v) is 12.0. The lowest BCUT2D eigenvalue weighted by atomic mass is 10.3. The second-order valence-electron chi connectivity index (χ2n) is 3.68. The highest BCUT2D eigenvalue weighted by atomic mass is 32.2. The summed E-state index contributed by atoms with van der Waals surface area (Å²) in [6, 6.07) is 8.36. The van der Waals surface area contributed by atoms with E-state index in [1.807, 2.05) is 19.1 Å². The van der Waals surface area contributed by atoms with E-state index in [-0.39, 0.29) is 6.04 Å². The van der Waals surface area contributed by atoms with Crippen molar-refractivity contribution in [2.45, 2.75) is 17.9 Å². The molecule has 0 amide bonds. The van der Waals surface area contributed by atoms with Crippen LogP contribution in [0.4, 0.5) is 5.69 Å². The number of methoxy groups -OCH3 is 1. The number of benzene rings is 1. The Bertz CT molecular complexity index is 354. The molecule has 0 aliphatic carbocycles. The molecular formula is C12H18N2OS2.